The Labute approximate surface area is 111 Å². The third kappa shape index (κ3) is 2.89. The Morgan fingerprint density at radius 2 is 1.59 bits per heavy atom. The van der Waals surface area contributed by atoms with Crippen molar-refractivity contribution >= 4 is 22.9 Å². The highest BCUT2D eigenvalue weighted by Crippen LogP contribution is 2.31. The molecule has 0 radical (unpaired) electrons. The summed E-state index contributed by atoms with van der Waals surface area (Å²) in [6, 6.07) is 11.8. The van der Waals surface area contributed by atoms with E-state index in [1.165, 1.54) is 16.9 Å². The predicted octanol–water partition coefficient (Wildman–Crippen LogP) is 4.61. The Balaban J connectivity index is 2.22. The molecule has 0 spiro atoms. The van der Waals surface area contributed by atoms with Gasteiger partial charge in [-0.3, -0.25) is 0 Å². The number of benzene rings is 1. The van der Waals surface area contributed by atoms with Crippen LogP contribution in [0.2, 0.25) is 4.34 Å². The van der Waals surface area contributed by atoms with Crippen molar-refractivity contribution < 1.29 is 5.11 Å². The Morgan fingerprint density at radius 1 is 1.00 bits per heavy atom. The van der Waals surface area contributed by atoms with Gasteiger partial charge in [-0.1, -0.05) is 49.7 Å². The van der Waals surface area contributed by atoms with E-state index in [1.807, 2.05) is 24.3 Å². The summed E-state index contributed by atoms with van der Waals surface area (Å²) in [7, 11) is 0. The molecule has 1 nitrogen and oxygen atoms in total. The molecular formula is C14H15ClOS. The molecule has 0 aliphatic rings. The van der Waals surface area contributed by atoms with E-state index in [0.29, 0.717) is 10.3 Å². The van der Waals surface area contributed by atoms with E-state index >= 15 is 0 Å². The van der Waals surface area contributed by atoms with E-state index in [2.05, 4.69) is 26.0 Å². The molecular weight excluding hydrogens is 252 g/mol. The SMILES string of the molecule is CC(C)c1ccc(C(O)c2ccc(Cl)s2)cc1. The van der Waals surface area contributed by atoms with Crippen molar-refractivity contribution in [1.29, 1.82) is 0 Å². The zero-order valence-electron chi connectivity index (χ0n) is 9.85. The molecule has 0 aliphatic carbocycles. The smallest absolute Gasteiger partial charge is 0.113 e. The zero-order chi connectivity index (χ0) is 12.4. The van der Waals surface area contributed by atoms with Crippen LogP contribution in [-0.2, 0) is 0 Å². The molecule has 90 valence electrons. The first-order valence-corrected chi connectivity index (χ1v) is 6.80. The van der Waals surface area contributed by atoms with Crippen molar-refractivity contribution in [3.63, 3.8) is 0 Å². The number of aliphatic hydroxyl groups excluding tert-OH is 1. The molecule has 1 atom stereocenters. The van der Waals surface area contributed by atoms with E-state index in [4.69, 9.17) is 11.6 Å². The van der Waals surface area contributed by atoms with Gasteiger partial charge in [-0.05, 0) is 29.2 Å². The molecule has 0 amide bonds. The molecule has 0 bridgehead atoms. The van der Waals surface area contributed by atoms with Gasteiger partial charge in [-0.15, -0.1) is 11.3 Å². The topological polar surface area (TPSA) is 20.2 Å². The molecule has 17 heavy (non-hydrogen) atoms. The van der Waals surface area contributed by atoms with Crippen LogP contribution in [0.15, 0.2) is 36.4 Å². The first-order valence-electron chi connectivity index (χ1n) is 5.61. The molecule has 0 fully saturated rings. The van der Waals surface area contributed by atoms with Gasteiger partial charge in [-0.25, -0.2) is 0 Å². The minimum Gasteiger partial charge on any atom is -0.383 e. The summed E-state index contributed by atoms with van der Waals surface area (Å²) in [5.41, 5.74) is 2.19. The summed E-state index contributed by atoms with van der Waals surface area (Å²) >= 11 is 7.28. The molecule has 0 aliphatic heterocycles. The maximum Gasteiger partial charge on any atom is 0.113 e. The lowest BCUT2D eigenvalue weighted by molar-refractivity contribution is 0.224. The largest absolute Gasteiger partial charge is 0.383 e. The van der Waals surface area contributed by atoms with Gasteiger partial charge >= 0.3 is 0 Å². The Morgan fingerprint density at radius 3 is 2.06 bits per heavy atom. The Hall–Kier alpha value is -0.830. The van der Waals surface area contributed by atoms with Gasteiger partial charge in [0.2, 0.25) is 0 Å². The highest BCUT2D eigenvalue weighted by Gasteiger charge is 2.12. The minimum absolute atomic E-state index is 0.511. The number of rotatable bonds is 3. The van der Waals surface area contributed by atoms with Crippen LogP contribution < -0.4 is 0 Å². The Kier molecular flexibility index (Phi) is 3.87. The lowest BCUT2D eigenvalue weighted by Gasteiger charge is -2.11. The van der Waals surface area contributed by atoms with Gasteiger partial charge in [-0.2, -0.15) is 0 Å². The van der Waals surface area contributed by atoms with Gasteiger partial charge in [0.25, 0.3) is 0 Å². The highest BCUT2D eigenvalue weighted by atomic mass is 35.5. The number of thiophene rings is 1. The summed E-state index contributed by atoms with van der Waals surface area (Å²) in [6.07, 6.45) is -0.575. The molecule has 1 aromatic carbocycles. The van der Waals surface area contributed by atoms with Crippen molar-refractivity contribution in [2.24, 2.45) is 0 Å². The fourth-order valence-electron chi connectivity index (χ4n) is 1.70. The molecule has 1 unspecified atom stereocenters. The Bertz CT molecular complexity index is 487. The quantitative estimate of drug-likeness (QED) is 0.860. The van der Waals surface area contributed by atoms with E-state index < -0.39 is 6.10 Å². The van der Waals surface area contributed by atoms with E-state index in [0.717, 1.165) is 10.4 Å². The van der Waals surface area contributed by atoms with Crippen molar-refractivity contribution in [3.8, 4) is 0 Å². The van der Waals surface area contributed by atoms with Crippen LogP contribution in [0.25, 0.3) is 0 Å². The summed E-state index contributed by atoms with van der Waals surface area (Å²) < 4.78 is 0.706. The van der Waals surface area contributed by atoms with Crippen molar-refractivity contribution in [3.05, 3.63) is 56.7 Å². The molecule has 2 aromatic rings. The normalized spacial score (nSPS) is 13.0. The number of hydrogen-bond acceptors (Lipinski definition) is 2. The molecule has 0 saturated heterocycles. The second-order valence-electron chi connectivity index (χ2n) is 4.37. The predicted molar refractivity (Wildman–Crippen MR) is 73.9 cm³/mol. The first kappa shape index (κ1) is 12.6. The van der Waals surface area contributed by atoms with Gasteiger partial charge in [0.1, 0.15) is 6.10 Å². The molecule has 2 rings (SSSR count). The van der Waals surface area contributed by atoms with E-state index in [-0.39, 0.29) is 0 Å². The van der Waals surface area contributed by atoms with Crippen molar-refractivity contribution in [1.82, 2.24) is 0 Å². The average molecular weight is 267 g/mol. The number of aliphatic hydroxyl groups is 1. The molecule has 1 aromatic heterocycles. The van der Waals surface area contributed by atoms with Crippen LogP contribution >= 0.6 is 22.9 Å². The average Bonchev–Trinajstić information content (AvgIpc) is 2.75. The van der Waals surface area contributed by atoms with Crippen LogP contribution in [-0.4, -0.2) is 5.11 Å². The lowest BCUT2D eigenvalue weighted by Crippen LogP contribution is -1.97. The summed E-state index contributed by atoms with van der Waals surface area (Å²) in [4.78, 5) is 0.882. The standard InChI is InChI=1S/C14H15ClOS/c1-9(2)10-3-5-11(6-4-10)14(16)12-7-8-13(15)17-12/h3-9,14,16H,1-2H3. The second-order valence-corrected chi connectivity index (χ2v) is 6.11. The van der Waals surface area contributed by atoms with Crippen LogP contribution in [0.4, 0.5) is 0 Å². The van der Waals surface area contributed by atoms with Crippen LogP contribution in [0.1, 0.15) is 41.9 Å². The van der Waals surface area contributed by atoms with Crippen LogP contribution in [0.5, 0.6) is 0 Å². The van der Waals surface area contributed by atoms with Crippen LogP contribution in [0.3, 0.4) is 0 Å². The third-order valence-corrected chi connectivity index (χ3v) is 4.07. The first-order chi connectivity index (χ1) is 8.08. The molecule has 3 heteroatoms. The summed E-state index contributed by atoms with van der Waals surface area (Å²) in [5.74, 6) is 0.511. The maximum atomic E-state index is 10.2. The van der Waals surface area contributed by atoms with Crippen molar-refractivity contribution in [2.75, 3.05) is 0 Å². The summed E-state index contributed by atoms with van der Waals surface area (Å²) in [5, 5.41) is 10.2. The van der Waals surface area contributed by atoms with Gasteiger partial charge in [0.15, 0.2) is 0 Å². The maximum absolute atomic E-state index is 10.2. The zero-order valence-corrected chi connectivity index (χ0v) is 11.4. The van der Waals surface area contributed by atoms with E-state index in [9.17, 15) is 5.11 Å². The fraction of sp³-hybridized carbons (Fsp3) is 0.286. The van der Waals surface area contributed by atoms with Crippen LogP contribution in [0, 0.1) is 0 Å². The lowest BCUT2D eigenvalue weighted by atomic mass is 9.99. The fourth-order valence-corrected chi connectivity index (χ4v) is 2.78. The molecule has 0 saturated carbocycles. The number of halogens is 1. The van der Waals surface area contributed by atoms with Gasteiger partial charge in [0, 0.05) is 4.88 Å². The monoisotopic (exact) mass is 266 g/mol. The molecule has 1 heterocycles. The highest BCUT2D eigenvalue weighted by molar-refractivity contribution is 7.16. The number of hydrogen-bond donors (Lipinski definition) is 1. The second kappa shape index (κ2) is 5.21. The van der Waals surface area contributed by atoms with Gasteiger partial charge < -0.3 is 5.11 Å². The summed E-state index contributed by atoms with van der Waals surface area (Å²) in [6.45, 7) is 4.31. The third-order valence-electron chi connectivity index (χ3n) is 2.78. The van der Waals surface area contributed by atoms with E-state index in [1.54, 1.807) is 0 Å². The van der Waals surface area contributed by atoms with Crippen molar-refractivity contribution in [2.45, 2.75) is 25.9 Å². The molecule has 1 N–H and O–H groups in total. The van der Waals surface area contributed by atoms with Gasteiger partial charge in [0.05, 0.1) is 4.34 Å². The minimum atomic E-state index is -0.575.